The molecule has 0 saturated heterocycles. The summed E-state index contributed by atoms with van der Waals surface area (Å²) in [6.07, 6.45) is 6.67. The van der Waals surface area contributed by atoms with Gasteiger partial charge in [-0.05, 0) is 24.6 Å². The highest BCUT2D eigenvalue weighted by Gasteiger charge is 2.11. The van der Waals surface area contributed by atoms with Crippen LogP contribution >= 0.6 is 0 Å². The van der Waals surface area contributed by atoms with Gasteiger partial charge in [0, 0.05) is 6.08 Å². The first kappa shape index (κ1) is 12.2. The minimum absolute atomic E-state index is 0.269. The maximum Gasteiger partial charge on any atom is 0.330 e. The van der Waals surface area contributed by atoms with Crippen molar-refractivity contribution in [2.45, 2.75) is 6.92 Å². The second-order valence-corrected chi connectivity index (χ2v) is 3.58. The van der Waals surface area contributed by atoms with Crippen LogP contribution in [0.3, 0.4) is 0 Å². The number of rotatable bonds is 4. The van der Waals surface area contributed by atoms with Crippen LogP contribution in [-0.2, 0) is 9.53 Å². The highest BCUT2D eigenvalue weighted by atomic mass is 16.7. The van der Waals surface area contributed by atoms with Gasteiger partial charge in [0.15, 0.2) is 11.5 Å². The molecule has 4 heteroatoms. The summed E-state index contributed by atoms with van der Waals surface area (Å²) in [5.74, 6) is 1.16. The lowest BCUT2D eigenvalue weighted by atomic mass is 10.2. The van der Waals surface area contributed by atoms with Crippen molar-refractivity contribution in [1.29, 1.82) is 0 Å². The van der Waals surface area contributed by atoms with Crippen LogP contribution in [0.25, 0.3) is 6.08 Å². The molecule has 0 aromatic heterocycles. The smallest absolute Gasteiger partial charge is 0.330 e. The molecule has 1 aliphatic heterocycles. The summed E-state index contributed by atoms with van der Waals surface area (Å²) in [6.45, 7) is 2.43. The molecule has 0 aliphatic carbocycles. The van der Waals surface area contributed by atoms with E-state index in [1.54, 1.807) is 19.1 Å². The van der Waals surface area contributed by atoms with E-state index in [4.69, 9.17) is 14.2 Å². The number of fused-ring (bicyclic) bond motifs is 1. The average Bonchev–Trinajstić information content (AvgIpc) is 2.82. The molecule has 0 bridgehead atoms. The molecule has 1 aromatic rings. The Kier molecular flexibility index (Phi) is 4.02. The number of allylic oxidation sites excluding steroid dienone is 2. The Morgan fingerprint density at radius 3 is 3.00 bits per heavy atom. The van der Waals surface area contributed by atoms with Crippen molar-refractivity contribution in [1.82, 2.24) is 0 Å². The fourth-order valence-corrected chi connectivity index (χ4v) is 1.51. The van der Waals surface area contributed by atoms with Crippen LogP contribution in [0.15, 0.2) is 36.4 Å². The quantitative estimate of drug-likeness (QED) is 0.465. The van der Waals surface area contributed by atoms with Gasteiger partial charge in [0.2, 0.25) is 6.79 Å². The van der Waals surface area contributed by atoms with Crippen molar-refractivity contribution in [2.24, 2.45) is 0 Å². The van der Waals surface area contributed by atoms with Gasteiger partial charge in [0.05, 0.1) is 6.61 Å². The number of hydrogen-bond acceptors (Lipinski definition) is 4. The van der Waals surface area contributed by atoms with Crippen molar-refractivity contribution >= 4 is 12.0 Å². The summed E-state index contributed by atoms with van der Waals surface area (Å²) in [7, 11) is 0. The normalized spacial score (nSPS) is 13.4. The first-order valence-electron chi connectivity index (χ1n) is 5.71. The van der Waals surface area contributed by atoms with Gasteiger partial charge in [0.1, 0.15) is 0 Å². The van der Waals surface area contributed by atoms with Crippen LogP contribution in [0.5, 0.6) is 11.5 Å². The lowest BCUT2D eigenvalue weighted by molar-refractivity contribution is -0.137. The molecule has 1 aromatic carbocycles. The topological polar surface area (TPSA) is 44.8 Å². The molecular formula is C14H14O4. The van der Waals surface area contributed by atoms with Crippen LogP contribution < -0.4 is 9.47 Å². The highest BCUT2D eigenvalue weighted by molar-refractivity contribution is 5.82. The number of hydrogen-bond donors (Lipinski definition) is 0. The third kappa shape index (κ3) is 3.13. The van der Waals surface area contributed by atoms with Crippen LogP contribution in [-0.4, -0.2) is 19.4 Å². The Morgan fingerprint density at radius 2 is 2.17 bits per heavy atom. The molecule has 0 N–H and O–H groups in total. The molecule has 0 radical (unpaired) electrons. The van der Waals surface area contributed by atoms with Gasteiger partial charge in [-0.25, -0.2) is 4.79 Å². The SMILES string of the molecule is CCOC(=O)/C=C\C=C/c1ccc2c(c1)OCO2. The Balaban J connectivity index is 1.95. The number of esters is 1. The van der Waals surface area contributed by atoms with Gasteiger partial charge >= 0.3 is 5.97 Å². The summed E-state index contributed by atoms with van der Waals surface area (Å²) in [5.41, 5.74) is 0.979. The van der Waals surface area contributed by atoms with Crippen molar-refractivity contribution < 1.29 is 19.0 Å². The minimum atomic E-state index is -0.340. The monoisotopic (exact) mass is 246 g/mol. The minimum Gasteiger partial charge on any atom is -0.463 e. The molecule has 1 aliphatic rings. The van der Waals surface area contributed by atoms with E-state index in [0.29, 0.717) is 6.61 Å². The molecule has 94 valence electrons. The number of benzene rings is 1. The zero-order chi connectivity index (χ0) is 12.8. The maximum absolute atomic E-state index is 11.0. The Hall–Kier alpha value is -2.23. The molecule has 0 atom stereocenters. The molecule has 0 fully saturated rings. The van der Waals surface area contributed by atoms with Crippen molar-refractivity contribution in [3.8, 4) is 11.5 Å². The summed E-state index contributed by atoms with van der Waals surface area (Å²) in [5, 5.41) is 0. The lowest BCUT2D eigenvalue weighted by Crippen LogP contribution is -1.98. The van der Waals surface area contributed by atoms with Crippen LogP contribution in [0.1, 0.15) is 12.5 Å². The van der Waals surface area contributed by atoms with E-state index in [-0.39, 0.29) is 12.8 Å². The summed E-state index contributed by atoms with van der Waals surface area (Å²) in [4.78, 5) is 11.0. The predicted molar refractivity (Wildman–Crippen MR) is 67.4 cm³/mol. The molecule has 4 nitrogen and oxygen atoms in total. The van der Waals surface area contributed by atoms with E-state index in [1.165, 1.54) is 6.08 Å². The standard InChI is InChI=1S/C14H14O4/c1-2-16-14(15)6-4-3-5-11-7-8-12-13(9-11)18-10-17-12/h3-9H,2,10H2,1H3/b5-3-,6-4-. The fourth-order valence-electron chi connectivity index (χ4n) is 1.51. The first-order valence-corrected chi connectivity index (χ1v) is 5.71. The molecule has 1 heterocycles. The molecule has 0 unspecified atom stereocenters. The van der Waals surface area contributed by atoms with Crippen LogP contribution in [0, 0.1) is 0 Å². The molecule has 0 spiro atoms. The van der Waals surface area contributed by atoms with E-state index in [1.807, 2.05) is 24.3 Å². The van der Waals surface area contributed by atoms with E-state index >= 15 is 0 Å². The van der Waals surface area contributed by atoms with E-state index < -0.39 is 0 Å². The van der Waals surface area contributed by atoms with Gasteiger partial charge < -0.3 is 14.2 Å². The van der Waals surface area contributed by atoms with Crippen molar-refractivity contribution in [3.05, 3.63) is 42.0 Å². The number of carbonyl (C=O) groups excluding carboxylic acids is 1. The molecule has 18 heavy (non-hydrogen) atoms. The van der Waals surface area contributed by atoms with Gasteiger partial charge in [-0.1, -0.05) is 24.3 Å². The second kappa shape index (κ2) is 5.91. The number of carbonyl (C=O) groups is 1. The van der Waals surface area contributed by atoms with Crippen molar-refractivity contribution in [3.63, 3.8) is 0 Å². The molecular weight excluding hydrogens is 232 g/mol. The van der Waals surface area contributed by atoms with Gasteiger partial charge in [-0.2, -0.15) is 0 Å². The molecule has 0 amide bonds. The Morgan fingerprint density at radius 1 is 1.33 bits per heavy atom. The lowest BCUT2D eigenvalue weighted by Gasteiger charge is -1.96. The van der Waals surface area contributed by atoms with Gasteiger partial charge in [-0.15, -0.1) is 0 Å². The van der Waals surface area contributed by atoms with E-state index in [2.05, 4.69) is 0 Å². The Labute approximate surface area is 105 Å². The third-order valence-electron chi connectivity index (χ3n) is 2.32. The van der Waals surface area contributed by atoms with Crippen molar-refractivity contribution in [2.75, 3.05) is 13.4 Å². The predicted octanol–water partition coefficient (Wildman–Crippen LogP) is 2.55. The summed E-state index contributed by atoms with van der Waals surface area (Å²) < 4.78 is 15.2. The fraction of sp³-hybridized carbons (Fsp3) is 0.214. The van der Waals surface area contributed by atoms with Crippen LogP contribution in [0.4, 0.5) is 0 Å². The summed E-state index contributed by atoms with van der Waals surface area (Å²) >= 11 is 0. The van der Waals surface area contributed by atoms with Gasteiger partial charge in [-0.3, -0.25) is 0 Å². The second-order valence-electron chi connectivity index (χ2n) is 3.58. The molecule has 0 saturated carbocycles. The largest absolute Gasteiger partial charge is 0.463 e. The van der Waals surface area contributed by atoms with E-state index in [9.17, 15) is 4.79 Å². The van der Waals surface area contributed by atoms with E-state index in [0.717, 1.165) is 17.1 Å². The van der Waals surface area contributed by atoms with Crippen LogP contribution in [0.2, 0.25) is 0 Å². The highest BCUT2D eigenvalue weighted by Crippen LogP contribution is 2.32. The summed E-state index contributed by atoms with van der Waals surface area (Å²) in [6, 6.07) is 5.66. The third-order valence-corrected chi connectivity index (χ3v) is 2.32. The first-order chi connectivity index (χ1) is 8.79. The zero-order valence-corrected chi connectivity index (χ0v) is 10.1. The maximum atomic E-state index is 11.0. The number of ether oxygens (including phenoxy) is 3. The van der Waals surface area contributed by atoms with Gasteiger partial charge in [0.25, 0.3) is 0 Å². The zero-order valence-electron chi connectivity index (χ0n) is 10.1. The molecule has 2 rings (SSSR count). The Bertz CT molecular complexity index is 489. The average molecular weight is 246 g/mol.